The van der Waals surface area contributed by atoms with Crippen LogP contribution < -0.4 is 10.6 Å². The van der Waals surface area contributed by atoms with Crippen molar-refractivity contribution in [2.75, 3.05) is 13.6 Å². The van der Waals surface area contributed by atoms with Gasteiger partial charge in [0.15, 0.2) is 0 Å². The lowest BCUT2D eigenvalue weighted by atomic mass is 10.0. The molecule has 3 heteroatoms. The molecular weight excluding hydrogens is 176 g/mol. The molecule has 0 aromatic carbocycles. The lowest BCUT2D eigenvalue weighted by molar-refractivity contribution is -0.119. The van der Waals surface area contributed by atoms with Crippen LogP contribution in [0, 0.1) is 0 Å². The van der Waals surface area contributed by atoms with Crippen molar-refractivity contribution in [1.29, 1.82) is 0 Å². The largest absolute Gasteiger partial charge is 0.350 e. The van der Waals surface area contributed by atoms with Crippen LogP contribution in [0.5, 0.6) is 0 Å². The summed E-state index contributed by atoms with van der Waals surface area (Å²) in [5.41, 5.74) is 1.03. The van der Waals surface area contributed by atoms with Crippen LogP contribution in [0.4, 0.5) is 0 Å². The Morgan fingerprint density at radius 3 is 2.43 bits per heavy atom. The van der Waals surface area contributed by atoms with Gasteiger partial charge in [0, 0.05) is 13.0 Å². The summed E-state index contributed by atoms with van der Waals surface area (Å²) >= 11 is 0. The molecule has 0 aliphatic heterocycles. The van der Waals surface area contributed by atoms with Gasteiger partial charge in [0.05, 0.1) is 0 Å². The summed E-state index contributed by atoms with van der Waals surface area (Å²) < 4.78 is 0. The second-order valence-electron chi connectivity index (χ2n) is 3.70. The Kier molecular flexibility index (Phi) is 7.11. The third kappa shape index (κ3) is 6.66. The van der Waals surface area contributed by atoms with Crippen molar-refractivity contribution in [1.82, 2.24) is 10.6 Å². The second kappa shape index (κ2) is 7.56. The molecule has 0 aliphatic rings. The van der Waals surface area contributed by atoms with Crippen LogP contribution in [-0.4, -0.2) is 25.5 Å². The zero-order valence-corrected chi connectivity index (χ0v) is 9.52. The van der Waals surface area contributed by atoms with Gasteiger partial charge in [0.25, 0.3) is 0 Å². The van der Waals surface area contributed by atoms with Gasteiger partial charge >= 0.3 is 0 Å². The highest BCUT2D eigenvalue weighted by atomic mass is 16.1. The molecule has 0 spiro atoms. The molecule has 14 heavy (non-hydrogen) atoms. The van der Waals surface area contributed by atoms with Crippen molar-refractivity contribution in [3.05, 3.63) is 12.2 Å². The Hall–Kier alpha value is -0.830. The molecule has 0 unspecified atom stereocenters. The fourth-order valence-electron chi connectivity index (χ4n) is 1.34. The van der Waals surface area contributed by atoms with Crippen LogP contribution in [0.3, 0.4) is 0 Å². The Labute approximate surface area is 87.0 Å². The van der Waals surface area contributed by atoms with Gasteiger partial charge in [-0.15, -0.1) is 0 Å². The normalized spacial score (nSPS) is 12.2. The van der Waals surface area contributed by atoms with Crippen LogP contribution in [0.25, 0.3) is 0 Å². The lowest BCUT2D eigenvalue weighted by Gasteiger charge is -2.17. The average Bonchev–Trinajstić information content (AvgIpc) is 2.09. The predicted octanol–water partition coefficient (Wildman–Crippen LogP) is 1.46. The van der Waals surface area contributed by atoms with E-state index in [1.54, 1.807) is 6.92 Å². The number of unbranched alkanes of at least 4 members (excludes halogenated alkanes) is 1. The van der Waals surface area contributed by atoms with Gasteiger partial charge < -0.3 is 10.6 Å². The summed E-state index contributed by atoms with van der Waals surface area (Å²) in [4.78, 5) is 10.9. The first-order valence-corrected chi connectivity index (χ1v) is 5.15. The van der Waals surface area contributed by atoms with Gasteiger partial charge in [-0.3, -0.25) is 4.79 Å². The smallest absolute Gasteiger partial charge is 0.217 e. The maximum atomic E-state index is 10.9. The standard InChI is InChI=1S/C11H22N2O/c1-9(2)11(13-10(3)14)7-5-6-8-12-4/h11-12H,1,5-8H2,2-4H3,(H,13,14)/t11-/m0/s1. The fourth-order valence-corrected chi connectivity index (χ4v) is 1.34. The van der Waals surface area contributed by atoms with Gasteiger partial charge in [0.1, 0.15) is 0 Å². The molecule has 0 aromatic rings. The number of rotatable bonds is 7. The molecule has 1 atom stereocenters. The molecule has 0 aliphatic carbocycles. The zero-order valence-electron chi connectivity index (χ0n) is 9.52. The first-order valence-electron chi connectivity index (χ1n) is 5.15. The van der Waals surface area contributed by atoms with E-state index in [1.165, 1.54) is 0 Å². The molecule has 0 saturated carbocycles. The van der Waals surface area contributed by atoms with E-state index >= 15 is 0 Å². The predicted molar refractivity (Wildman–Crippen MR) is 60.2 cm³/mol. The number of carbonyl (C=O) groups excluding carboxylic acids is 1. The van der Waals surface area contributed by atoms with Crippen molar-refractivity contribution in [2.24, 2.45) is 0 Å². The minimum atomic E-state index is 0.0200. The molecule has 0 radical (unpaired) electrons. The molecule has 0 rings (SSSR count). The number of hydrogen-bond acceptors (Lipinski definition) is 2. The topological polar surface area (TPSA) is 41.1 Å². The summed E-state index contributed by atoms with van der Waals surface area (Å²) in [6.45, 7) is 8.41. The third-order valence-electron chi connectivity index (χ3n) is 2.14. The van der Waals surface area contributed by atoms with E-state index in [0.29, 0.717) is 0 Å². The van der Waals surface area contributed by atoms with Crippen molar-refractivity contribution >= 4 is 5.91 Å². The molecule has 2 N–H and O–H groups in total. The van der Waals surface area contributed by atoms with Crippen LogP contribution >= 0.6 is 0 Å². The van der Waals surface area contributed by atoms with Gasteiger partial charge in [-0.05, 0) is 39.8 Å². The Bertz CT molecular complexity index is 190. The van der Waals surface area contributed by atoms with E-state index in [-0.39, 0.29) is 11.9 Å². The molecule has 0 fully saturated rings. The molecule has 0 bridgehead atoms. The van der Waals surface area contributed by atoms with Crippen molar-refractivity contribution in [3.8, 4) is 0 Å². The van der Waals surface area contributed by atoms with Gasteiger partial charge in [-0.2, -0.15) is 0 Å². The summed E-state index contributed by atoms with van der Waals surface area (Å²) in [5, 5.41) is 6.00. The summed E-state index contributed by atoms with van der Waals surface area (Å²) in [6, 6.07) is 0.143. The SMILES string of the molecule is C=C(C)[C@H](CCCCNC)NC(C)=O. The lowest BCUT2D eigenvalue weighted by Crippen LogP contribution is -2.33. The van der Waals surface area contributed by atoms with Crippen LogP contribution in [0.15, 0.2) is 12.2 Å². The first-order chi connectivity index (χ1) is 6.57. The quantitative estimate of drug-likeness (QED) is 0.480. The Morgan fingerprint density at radius 1 is 1.36 bits per heavy atom. The summed E-state index contributed by atoms with van der Waals surface area (Å²) in [5.74, 6) is 0.0200. The Balaban J connectivity index is 3.74. The van der Waals surface area contributed by atoms with E-state index < -0.39 is 0 Å². The maximum Gasteiger partial charge on any atom is 0.217 e. The monoisotopic (exact) mass is 198 g/mol. The van der Waals surface area contributed by atoms with Gasteiger partial charge in [0.2, 0.25) is 5.91 Å². The minimum Gasteiger partial charge on any atom is -0.350 e. The highest BCUT2D eigenvalue weighted by molar-refractivity contribution is 5.73. The second-order valence-corrected chi connectivity index (χ2v) is 3.70. The summed E-state index contributed by atoms with van der Waals surface area (Å²) in [7, 11) is 1.95. The van der Waals surface area contributed by atoms with E-state index in [0.717, 1.165) is 31.4 Å². The fraction of sp³-hybridized carbons (Fsp3) is 0.727. The average molecular weight is 198 g/mol. The van der Waals surface area contributed by atoms with Crippen LogP contribution in [-0.2, 0) is 4.79 Å². The van der Waals surface area contributed by atoms with E-state index in [1.807, 2.05) is 14.0 Å². The molecule has 0 heterocycles. The molecule has 82 valence electrons. The molecular formula is C11H22N2O. The van der Waals surface area contributed by atoms with Gasteiger partial charge in [-0.25, -0.2) is 0 Å². The van der Waals surface area contributed by atoms with Crippen molar-refractivity contribution in [3.63, 3.8) is 0 Å². The Morgan fingerprint density at radius 2 is 2.00 bits per heavy atom. The molecule has 0 saturated heterocycles. The van der Waals surface area contributed by atoms with Crippen LogP contribution in [0.1, 0.15) is 33.1 Å². The third-order valence-corrected chi connectivity index (χ3v) is 2.14. The number of hydrogen-bond donors (Lipinski definition) is 2. The van der Waals surface area contributed by atoms with Gasteiger partial charge in [-0.1, -0.05) is 12.2 Å². The molecule has 1 amide bonds. The molecule has 0 aromatic heterocycles. The first kappa shape index (κ1) is 13.2. The van der Waals surface area contributed by atoms with Crippen molar-refractivity contribution < 1.29 is 4.79 Å². The number of amides is 1. The van der Waals surface area contributed by atoms with Crippen molar-refractivity contribution in [2.45, 2.75) is 39.2 Å². The van der Waals surface area contributed by atoms with E-state index in [2.05, 4.69) is 17.2 Å². The number of nitrogens with one attached hydrogen (secondary N) is 2. The highest BCUT2D eigenvalue weighted by Gasteiger charge is 2.09. The summed E-state index contributed by atoms with van der Waals surface area (Å²) in [6.07, 6.45) is 3.23. The number of carbonyl (C=O) groups is 1. The van der Waals surface area contributed by atoms with E-state index in [4.69, 9.17) is 0 Å². The highest BCUT2D eigenvalue weighted by Crippen LogP contribution is 2.07. The van der Waals surface area contributed by atoms with Crippen LogP contribution in [0.2, 0.25) is 0 Å². The zero-order chi connectivity index (χ0) is 11.0. The van der Waals surface area contributed by atoms with E-state index in [9.17, 15) is 4.79 Å². The molecule has 3 nitrogen and oxygen atoms in total. The minimum absolute atomic E-state index is 0.0200. The maximum absolute atomic E-state index is 10.9.